The molecule has 0 saturated carbocycles. The van der Waals surface area contributed by atoms with Crippen LogP contribution in [0.1, 0.15) is 18.6 Å². The van der Waals surface area contributed by atoms with E-state index in [-0.39, 0.29) is 6.10 Å². The number of hydrogen-bond donors (Lipinski definition) is 0. The second kappa shape index (κ2) is 6.24. The molecular weight excluding hydrogens is 291 g/mol. The van der Waals surface area contributed by atoms with Gasteiger partial charge in [-0.2, -0.15) is 0 Å². The van der Waals surface area contributed by atoms with Crippen LogP contribution in [-0.4, -0.2) is 18.1 Å². The zero-order chi connectivity index (χ0) is 10.4. The van der Waals surface area contributed by atoms with E-state index in [1.165, 1.54) is 5.56 Å². The molecule has 0 fully saturated rings. The topological polar surface area (TPSA) is 18.5 Å². The molecule has 14 heavy (non-hydrogen) atoms. The van der Waals surface area contributed by atoms with E-state index in [1.807, 2.05) is 25.1 Å². The van der Waals surface area contributed by atoms with Crippen molar-refractivity contribution in [3.05, 3.63) is 29.8 Å². The van der Waals surface area contributed by atoms with Crippen LogP contribution in [0, 0.1) is 0 Å². The molecule has 3 heteroatoms. The summed E-state index contributed by atoms with van der Waals surface area (Å²) in [6, 6.07) is 8.03. The molecule has 0 aliphatic heterocycles. The second-order valence-corrected chi connectivity index (χ2v) is 3.76. The molecule has 0 bridgehead atoms. The lowest BCUT2D eigenvalue weighted by molar-refractivity contribution is 0.0817. The zero-order valence-electron chi connectivity index (χ0n) is 8.50. The lowest BCUT2D eigenvalue weighted by atomic mass is 10.1. The third kappa shape index (κ3) is 3.13. The lowest BCUT2D eigenvalue weighted by Crippen LogP contribution is -2.05. The van der Waals surface area contributed by atoms with Gasteiger partial charge in [-0.1, -0.05) is 34.7 Å². The van der Waals surface area contributed by atoms with Gasteiger partial charge in [-0.05, 0) is 24.6 Å². The van der Waals surface area contributed by atoms with Crippen LogP contribution in [0.25, 0.3) is 0 Å². The van der Waals surface area contributed by atoms with E-state index in [2.05, 4.69) is 28.7 Å². The Morgan fingerprint density at radius 2 is 2.21 bits per heavy atom. The van der Waals surface area contributed by atoms with Gasteiger partial charge < -0.3 is 9.47 Å². The predicted octanol–water partition coefficient (Wildman–Crippen LogP) is 3.21. The monoisotopic (exact) mass is 306 g/mol. The van der Waals surface area contributed by atoms with Crippen LogP contribution in [0.15, 0.2) is 24.3 Å². The van der Waals surface area contributed by atoms with Crippen LogP contribution in [0.4, 0.5) is 0 Å². The first-order valence-electron chi connectivity index (χ1n) is 4.63. The number of alkyl halides is 1. The van der Waals surface area contributed by atoms with Gasteiger partial charge in [-0.25, -0.2) is 0 Å². The molecule has 78 valence electrons. The highest BCUT2D eigenvalue weighted by Crippen LogP contribution is 2.23. The van der Waals surface area contributed by atoms with Crippen LogP contribution >= 0.6 is 22.6 Å². The summed E-state index contributed by atoms with van der Waals surface area (Å²) in [7, 11) is 1.68. The Kier molecular flexibility index (Phi) is 5.25. The van der Waals surface area contributed by atoms with Gasteiger partial charge in [-0.3, -0.25) is 0 Å². The van der Waals surface area contributed by atoms with Crippen LogP contribution in [-0.2, 0) is 4.74 Å². The van der Waals surface area contributed by atoms with Crippen LogP contribution in [0.2, 0.25) is 0 Å². The van der Waals surface area contributed by atoms with Crippen molar-refractivity contribution in [3.63, 3.8) is 0 Å². The Bertz CT molecular complexity index is 276. The summed E-state index contributed by atoms with van der Waals surface area (Å²) in [5.41, 5.74) is 1.18. The Morgan fingerprint density at radius 1 is 1.43 bits per heavy atom. The molecule has 1 aromatic rings. The van der Waals surface area contributed by atoms with E-state index >= 15 is 0 Å². The van der Waals surface area contributed by atoms with Crippen molar-refractivity contribution in [2.24, 2.45) is 0 Å². The molecule has 0 heterocycles. The summed E-state index contributed by atoms with van der Waals surface area (Å²) in [6.07, 6.45) is 0.177. The third-order valence-electron chi connectivity index (χ3n) is 1.97. The summed E-state index contributed by atoms with van der Waals surface area (Å²) >= 11 is 2.33. The van der Waals surface area contributed by atoms with Gasteiger partial charge in [0, 0.05) is 11.0 Å². The minimum Gasteiger partial charge on any atom is -0.497 e. The van der Waals surface area contributed by atoms with Crippen LogP contribution < -0.4 is 4.74 Å². The number of rotatable bonds is 5. The fourth-order valence-corrected chi connectivity index (χ4v) is 2.04. The fraction of sp³-hybridized carbons (Fsp3) is 0.455. The molecule has 0 aliphatic carbocycles. The summed E-state index contributed by atoms with van der Waals surface area (Å²) in [5, 5.41) is 0. The standard InChI is InChI=1S/C11H15IO2/c1-3-14-11(8-12)9-5-4-6-10(7-9)13-2/h4-7,11H,3,8H2,1-2H3. The van der Waals surface area contributed by atoms with E-state index in [4.69, 9.17) is 9.47 Å². The number of halogens is 1. The summed E-state index contributed by atoms with van der Waals surface area (Å²) < 4.78 is 11.7. The molecule has 0 saturated heterocycles. The SMILES string of the molecule is CCOC(CI)c1cccc(OC)c1. The zero-order valence-corrected chi connectivity index (χ0v) is 10.7. The van der Waals surface area contributed by atoms with Gasteiger partial charge in [0.25, 0.3) is 0 Å². The van der Waals surface area contributed by atoms with Gasteiger partial charge in [0.15, 0.2) is 0 Å². The smallest absolute Gasteiger partial charge is 0.119 e. The number of hydrogen-bond acceptors (Lipinski definition) is 2. The Labute approximate surface area is 98.7 Å². The molecule has 2 nitrogen and oxygen atoms in total. The fourth-order valence-electron chi connectivity index (χ4n) is 1.27. The summed E-state index contributed by atoms with van der Waals surface area (Å²) in [6.45, 7) is 2.75. The van der Waals surface area contributed by atoms with Gasteiger partial charge >= 0.3 is 0 Å². The molecule has 1 atom stereocenters. The first-order chi connectivity index (χ1) is 6.81. The van der Waals surface area contributed by atoms with E-state index in [0.717, 1.165) is 16.8 Å². The minimum absolute atomic E-state index is 0.177. The maximum atomic E-state index is 5.61. The molecule has 0 aromatic heterocycles. The number of benzene rings is 1. The van der Waals surface area contributed by atoms with E-state index in [9.17, 15) is 0 Å². The second-order valence-electron chi connectivity index (χ2n) is 2.87. The maximum Gasteiger partial charge on any atom is 0.119 e. The molecule has 0 aliphatic rings. The Balaban J connectivity index is 2.80. The van der Waals surface area contributed by atoms with Gasteiger partial charge in [0.2, 0.25) is 0 Å². The summed E-state index contributed by atoms with van der Waals surface area (Å²) in [5.74, 6) is 0.886. The van der Waals surface area contributed by atoms with Gasteiger partial charge in [0.05, 0.1) is 13.2 Å². The number of ether oxygens (including phenoxy) is 2. The van der Waals surface area contributed by atoms with Gasteiger partial charge in [-0.15, -0.1) is 0 Å². The molecule has 0 radical (unpaired) electrons. The van der Waals surface area contributed by atoms with Crippen molar-refractivity contribution in [2.75, 3.05) is 18.1 Å². The van der Waals surface area contributed by atoms with E-state index in [1.54, 1.807) is 7.11 Å². The molecular formula is C11H15IO2. The van der Waals surface area contributed by atoms with Crippen molar-refractivity contribution in [1.82, 2.24) is 0 Å². The van der Waals surface area contributed by atoms with Crippen molar-refractivity contribution in [1.29, 1.82) is 0 Å². The van der Waals surface area contributed by atoms with Crippen molar-refractivity contribution in [2.45, 2.75) is 13.0 Å². The predicted molar refractivity (Wildman–Crippen MR) is 66.2 cm³/mol. The average Bonchev–Trinajstić information content (AvgIpc) is 2.26. The van der Waals surface area contributed by atoms with Crippen molar-refractivity contribution < 1.29 is 9.47 Å². The van der Waals surface area contributed by atoms with Crippen LogP contribution in [0.5, 0.6) is 5.75 Å². The minimum atomic E-state index is 0.177. The number of methoxy groups -OCH3 is 1. The highest BCUT2D eigenvalue weighted by molar-refractivity contribution is 14.1. The molecule has 0 N–H and O–H groups in total. The summed E-state index contributed by atoms with van der Waals surface area (Å²) in [4.78, 5) is 0. The first-order valence-corrected chi connectivity index (χ1v) is 6.15. The lowest BCUT2D eigenvalue weighted by Gasteiger charge is -2.15. The van der Waals surface area contributed by atoms with E-state index in [0.29, 0.717) is 0 Å². The molecule has 1 aromatic carbocycles. The first kappa shape index (κ1) is 11.8. The molecule has 0 spiro atoms. The van der Waals surface area contributed by atoms with Gasteiger partial charge in [0.1, 0.15) is 5.75 Å². The van der Waals surface area contributed by atoms with E-state index < -0.39 is 0 Å². The molecule has 1 unspecified atom stereocenters. The highest BCUT2D eigenvalue weighted by atomic mass is 127. The van der Waals surface area contributed by atoms with Crippen molar-refractivity contribution >= 4 is 22.6 Å². The van der Waals surface area contributed by atoms with Crippen LogP contribution in [0.3, 0.4) is 0 Å². The Morgan fingerprint density at radius 3 is 2.79 bits per heavy atom. The highest BCUT2D eigenvalue weighted by Gasteiger charge is 2.09. The quantitative estimate of drug-likeness (QED) is 0.614. The van der Waals surface area contributed by atoms with Crippen molar-refractivity contribution in [3.8, 4) is 5.75 Å². The molecule has 0 amide bonds. The Hall–Kier alpha value is -0.290. The molecule has 1 rings (SSSR count). The largest absolute Gasteiger partial charge is 0.497 e. The normalized spacial score (nSPS) is 12.5. The average molecular weight is 306 g/mol. The maximum absolute atomic E-state index is 5.61. The third-order valence-corrected chi connectivity index (χ3v) is 2.77.